The number of hydrogen-bond donors (Lipinski definition) is 0. The van der Waals surface area contributed by atoms with Crippen LogP contribution < -0.4 is 19.6 Å². The summed E-state index contributed by atoms with van der Waals surface area (Å²) in [5.74, 6) is 1.76. The number of ether oxygens (including phenoxy) is 2. The van der Waals surface area contributed by atoms with Gasteiger partial charge in [0.05, 0.1) is 18.2 Å². The molecule has 0 amide bonds. The fraction of sp³-hybridized carbons (Fsp3) is 0.150. The maximum atomic E-state index is 13.0. The normalized spacial score (nSPS) is 11.9. The van der Waals surface area contributed by atoms with E-state index in [2.05, 4.69) is 10.2 Å². The molecule has 0 aliphatic carbocycles. The van der Waals surface area contributed by atoms with Crippen LogP contribution in [0.2, 0.25) is 5.02 Å². The summed E-state index contributed by atoms with van der Waals surface area (Å²) in [5, 5.41) is 8.87. The van der Waals surface area contributed by atoms with Gasteiger partial charge in [-0.05, 0) is 42.8 Å². The van der Waals surface area contributed by atoms with Gasteiger partial charge in [-0.3, -0.25) is 4.79 Å². The van der Waals surface area contributed by atoms with Crippen molar-refractivity contribution in [1.82, 2.24) is 14.6 Å². The minimum atomic E-state index is -0.173. The monoisotopic (exact) mass is 413 g/mol. The molecule has 0 spiro atoms. The van der Waals surface area contributed by atoms with Crippen molar-refractivity contribution in [3.63, 3.8) is 0 Å². The molecule has 0 saturated heterocycles. The second kappa shape index (κ2) is 7.61. The number of hydrogen-bond acceptors (Lipinski definition) is 6. The maximum Gasteiger partial charge on any atom is 0.276 e. The van der Waals surface area contributed by atoms with Crippen LogP contribution in [0.15, 0.2) is 47.3 Å². The van der Waals surface area contributed by atoms with Gasteiger partial charge in [0.1, 0.15) is 0 Å². The van der Waals surface area contributed by atoms with Gasteiger partial charge in [0.15, 0.2) is 17.3 Å². The van der Waals surface area contributed by atoms with Gasteiger partial charge < -0.3 is 9.47 Å². The molecule has 142 valence electrons. The molecule has 0 saturated carbocycles. The van der Waals surface area contributed by atoms with E-state index in [1.807, 2.05) is 43.3 Å². The van der Waals surface area contributed by atoms with Gasteiger partial charge in [-0.15, -0.1) is 10.2 Å². The Morgan fingerprint density at radius 2 is 2.04 bits per heavy atom. The van der Waals surface area contributed by atoms with Crippen LogP contribution in [0.5, 0.6) is 11.5 Å². The summed E-state index contributed by atoms with van der Waals surface area (Å²) in [5.41, 5.74) is 1.40. The van der Waals surface area contributed by atoms with Crippen LogP contribution in [0.1, 0.15) is 12.5 Å². The Morgan fingerprint density at radius 1 is 1.18 bits per heavy atom. The van der Waals surface area contributed by atoms with E-state index in [0.717, 1.165) is 11.1 Å². The number of methoxy groups -OCH3 is 1. The van der Waals surface area contributed by atoms with Crippen molar-refractivity contribution in [2.24, 2.45) is 0 Å². The fourth-order valence-electron chi connectivity index (χ4n) is 2.88. The van der Waals surface area contributed by atoms with Crippen molar-refractivity contribution in [3.8, 4) is 22.9 Å². The van der Waals surface area contributed by atoms with Crippen LogP contribution >= 0.6 is 22.9 Å². The Balaban J connectivity index is 1.82. The summed E-state index contributed by atoms with van der Waals surface area (Å²) in [7, 11) is 1.59. The minimum Gasteiger partial charge on any atom is -0.493 e. The molecule has 4 aromatic rings. The van der Waals surface area contributed by atoms with E-state index >= 15 is 0 Å². The van der Waals surface area contributed by atoms with Crippen molar-refractivity contribution in [3.05, 3.63) is 67.9 Å². The highest BCUT2D eigenvalue weighted by Gasteiger charge is 2.14. The van der Waals surface area contributed by atoms with Gasteiger partial charge in [0.25, 0.3) is 5.56 Å². The van der Waals surface area contributed by atoms with Crippen molar-refractivity contribution < 1.29 is 9.47 Å². The first-order valence-electron chi connectivity index (χ1n) is 8.57. The highest BCUT2D eigenvalue weighted by Crippen LogP contribution is 2.28. The van der Waals surface area contributed by atoms with Gasteiger partial charge in [-0.1, -0.05) is 41.1 Å². The van der Waals surface area contributed by atoms with Gasteiger partial charge >= 0.3 is 0 Å². The number of nitrogens with zero attached hydrogens (tertiary/aromatic N) is 3. The molecule has 0 radical (unpaired) electrons. The number of benzene rings is 2. The first-order valence-corrected chi connectivity index (χ1v) is 9.76. The van der Waals surface area contributed by atoms with Crippen LogP contribution in [-0.4, -0.2) is 28.3 Å². The molecule has 2 aromatic carbocycles. The smallest absolute Gasteiger partial charge is 0.276 e. The zero-order valence-corrected chi connectivity index (χ0v) is 16.8. The topological polar surface area (TPSA) is 65.7 Å². The van der Waals surface area contributed by atoms with Crippen molar-refractivity contribution in [2.75, 3.05) is 13.7 Å². The molecule has 0 aliphatic rings. The van der Waals surface area contributed by atoms with Crippen LogP contribution in [0.25, 0.3) is 22.4 Å². The third-order valence-electron chi connectivity index (χ3n) is 4.12. The summed E-state index contributed by atoms with van der Waals surface area (Å²) in [6, 6.07) is 12.7. The van der Waals surface area contributed by atoms with Crippen molar-refractivity contribution in [2.45, 2.75) is 6.92 Å². The number of halogens is 1. The number of thiazole rings is 1. The van der Waals surface area contributed by atoms with Crippen LogP contribution in [0.3, 0.4) is 0 Å². The quantitative estimate of drug-likeness (QED) is 0.501. The highest BCUT2D eigenvalue weighted by atomic mass is 35.5. The number of fused-ring (bicyclic) bond motifs is 1. The fourth-order valence-corrected chi connectivity index (χ4v) is 3.98. The lowest BCUT2D eigenvalue weighted by Gasteiger charge is -2.09. The Bertz CT molecular complexity index is 1270. The van der Waals surface area contributed by atoms with Crippen LogP contribution in [-0.2, 0) is 0 Å². The average Bonchev–Trinajstić information content (AvgIpc) is 3.24. The molecule has 4 rings (SSSR count). The molecule has 0 fully saturated rings. The molecule has 2 aromatic heterocycles. The average molecular weight is 414 g/mol. The summed E-state index contributed by atoms with van der Waals surface area (Å²) in [6.07, 6.45) is 1.81. The van der Waals surface area contributed by atoms with Crippen LogP contribution in [0, 0.1) is 0 Å². The van der Waals surface area contributed by atoms with E-state index in [-0.39, 0.29) is 5.56 Å². The van der Waals surface area contributed by atoms with E-state index in [1.165, 1.54) is 15.7 Å². The summed E-state index contributed by atoms with van der Waals surface area (Å²) in [4.78, 5) is 13.5. The lowest BCUT2D eigenvalue weighted by molar-refractivity contribution is 0.311. The maximum absolute atomic E-state index is 13.0. The number of aromatic nitrogens is 3. The lowest BCUT2D eigenvalue weighted by Crippen LogP contribution is -2.23. The number of rotatable bonds is 5. The Hall–Kier alpha value is -2.90. The molecule has 0 unspecified atom stereocenters. The zero-order chi connectivity index (χ0) is 19.7. The van der Waals surface area contributed by atoms with E-state index in [1.54, 1.807) is 19.2 Å². The molecule has 0 atom stereocenters. The molecule has 28 heavy (non-hydrogen) atoms. The Labute approximate surface area is 169 Å². The van der Waals surface area contributed by atoms with Gasteiger partial charge in [0, 0.05) is 10.6 Å². The van der Waals surface area contributed by atoms with Crippen molar-refractivity contribution >= 4 is 34.0 Å². The second-order valence-electron chi connectivity index (χ2n) is 5.91. The second-order valence-corrected chi connectivity index (χ2v) is 7.36. The van der Waals surface area contributed by atoms with Gasteiger partial charge in [-0.25, -0.2) is 4.40 Å². The van der Waals surface area contributed by atoms with E-state index in [9.17, 15) is 4.79 Å². The molecular weight excluding hydrogens is 398 g/mol. The molecule has 0 aliphatic heterocycles. The third-order valence-corrected chi connectivity index (χ3v) is 5.31. The predicted molar refractivity (Wildman–Crippen MR) is 111 cm³/mol. The van der Waals surface area contributed by atoms with Crippen molar-refractivity contribution in [1.29, 1.82) is 0 Å². The SMILES string of the molecule is CCOc1ccc(/C=c2/sc3nnc(-c4cccc(Cl)c4)n3c2=O)cc1OC. The lowest BCUT2D eigenvalue weighted by atomic mass is 10.2. The zero-order valence-electron chi connectivity index (χ0n) is 15.2. The standard InChI is InChI=1S/C20H16ClN3O3S/c1-3-27-15-8-7-12(9-16(15)26-2)10-17-19(25)24-18(22-23-20(24)28-17)13-5-4-6-14(21)11-13/h4-11H,3H2,1-2H3/b17-10+. The summed E-state index contributed by atoms with van der Waals surface area (Å²) >= 11 is 7.35. The molecule has 2 heterocycles. The van der Waals surface area contributed by atoms with E-state index in [0.29, 0.717) is 38.4 Å². The molecule has 0 bridgehead atoms. The highest BCUT2D eigenvalue weighted by molar-refractivity contribution is 7.15. The minimum absolute atomic E-state index is 0.173. The van der Waals surface area contributed by atoms with Gasteiger partial charge in [0.2, 0.25) is 4.96 Å². The third kappa shape index (κ3) is 3.34. The molecular formula is C20H16ClN3O3S. The van der Waals surface area contributed by atoms with E-state index in [4.69, 9.17) is 21.1 Å². The largest absolute Gasteiger partial charge is 0.493 e. The van der Waals surface area contributed by atoms with E-state index < -0.39 is 0 Å². The van der Waals surface area contributed by atoms with Gasteiger partial charge in [-0.2, -0.15) is 0 Å². The van der Waals surface area contributed by atoms with Crippen LogP contribution in [0.4, 0.5) is 0 Å². The Morgan fingerprint density at radius 3 is 2.79 bits per heavy atom. The predicted octanol–water partition coefficient (Wildman–Crippen LogP) is 3.43. The Kier molecular flexibility index (Phi) is 5.02. The first kappa shape index (κ1) is 18.5. The summed E-state index contributed by atoms with van der Waals surface area (Å²) in [6.45, 7) is 2.46. The first-order chi connectivity index (χ1) is 13.6. The molecule has 0 N–H and O–H groups in total. The molecule has 6 nitrogen and oxygen atoms in total. The molecule has 8 heteroatoms. The summed E-state index contributed by atoms with van der Waals surface area (Å²) < 4.78 is 13.0.